The number of anilines is 3. The van der Waals surface area contributed by atoms with Crippen LogP contribution in [0.2, 0.25) is 0 Å². The third-order valence-electron chi connectivity index (χ3n) is 6.62. The van der Waals surface area contributed by atoms with Gasteiger partial charge in [0.05, 0.1) is 29.0 Å². The van der Waals surface area contributed by atoms with Crippen LogP contribution >= 0.6 is 0 Å². The van der Waals surface area contributed by atoms with Gasteiger partial charge < -0.3 is 20.2 Å². The summed E-state index contributed by atoms with van der Waals surface area (Å²) in [6.45, 7) is 1.91. The Morgan fingerprint density at radius 3 is 2.68 bits per heavy atom. The van der Waals surface area contributed by atoms with Crippen LogP contribution in [-0.4, -0.2) is 52.6 Å². The Hall–Kier alpha value is -3.99. The van der Waals surface area contributed by atoms with Gasteiger partial charge in [-0.15, -0.1) is 0 Å². The summed E-state index contributed by atoms with van der Waals surface area (Å²) in [7, 11) is 0. The van der Waals surface area contributed by atoms with Crippen LogP contribution in [0.15, 0.2) is 48.7 Å². The topological polar surface area (TPSA) is 98.7 Å². The molecule has 2 aliphatic heterocycles. The van der Waals surface area contributed by atoms with Crippen molar-refractivity contribution >= 4 is 29.0 Å². The molecule has 2 N–H and O–H groups in total. The van der Waals surface area contributed by atoms with E-state index in [1.54, 1.807) is 30.0 Å². The zero-order chi connectivity index (χ0) is 26.3. The molecular formula is C26H24F3N5O3. The molecule has 5 rings (SSSR count). The van der Waals surface area contributed by atoms with Crippen molar-refractivity contribution in [3.05, 3.63) is 65.9 Å². The van der Waals surface area contributed by atoms with Crippen molar-refractivity contribution in [2.45, 2.75) is 31.8 Å². The predicted molar refractivity (Wildman–Crippen MR) is 131 cm³/mol. The number of aliphatic hydroxyl groups excluding tert-OH is 1. The van der Waals surface area contributed by atoms with E-state index in [0.717, 1.165) is 0 Å². The summed E-state index contributed by atoms with van der Waals surface area (Å²) in [4.78, 5) is 38.0. The third kappa shape index (κ3) is 4.74. The van der Waals surface area contributed by atoms with E-state index in [0.29, 0.717) is 24.2 Å². The highest BCUT2D eigenvalue weighted by Crippen LogP contribution is 2.42. The van der Waals surface area contributed by atoms with E-state index >= 15 is 4.39 Å². The van der Waals surface area contributed by atoms with Crippen LogP contribution < -0.4 is 15.1 Å². The van der Waals surface area contributed by atoms with Crippen LogP contribution in [0.5, 0.6) is 0 Å². The Bertz CT molecular complexity index is 1350. The monoisotopic (exact) mass is 511 g/mol. The summed E-state index contributed by atoms with van der Waals surface area (Å²) in [5.41, 5.74) is 1.08. The van der Waals surface area contributed by atoms with Crippen molar-refractivity contribution < 1.29 is 27.9 Å². The fourth-order valence-corrected chi connectivity index (χ4v) is 4.73. The molecule has 0 aliphatic carbocycles. The first-order valence-corrected chi connectivity index (χ1v) is 11.8. The van der Waals surface area contributed by atoms with Gasteiger partial charge in [-0.1, -0.05) is 18.2 Å². The number of aliphatic hydroxyl groups is 1. The summed E-state index contributed by atoms with van der Waals surface area (Å²) in [6, 6.07) is 9.94. The van der Waals surface area contributed by atoms with Crippen molar-refractivity contribution in [1.82, 2.24) is 9.97 Å². The minimum atomic E-state index is -2.64. The highest BCUT2D eigenvalue weighted by Gasteiger charge is 2.36. The number of nitrogens with one attached hydrogen (secondary N) is 1. The number of carbonyl (C=O) groups excluding carboxylic acids is 2. The number of β-amino-alcohol motifs (C(OH)–C–C–N with tert-alkyl or cyclic N) is 1. The molecule has 0 bridgehead atoms. The van der Waals surface area contributed by atoms with Gasteiger partial charge in [0.1, 0.15) is 12.4 Å². The van der Waals surface area contributed by atoms with Crippen molar-refractivity contribution in [3.8, 4) is 11.1 Å². The molecule has 2 amide bonds. The lowest BCUT2D eigenvalue weighted by Crippen LogP contribution is -2.40. The highest BCUT2D eigenvalue weighted by atomic mass is 19.3. The van der Waals surface area contributed by atoms with Crippen LogP contribution in [0.25, 0.3) is 11.1 Å². The van der Waals surface area contributed by atoms with E-state index < -0.39 is 42.8 Å². The second-order valence-corrected chi connectivity index (χ2v) is 9.11. The van der Waals surface area contributed by atoms with Gasteiger partial charge in [-0.25, -0.2) is 13.8 Å². The first-order chi connectivity index (χ1) is 17.7. The SMILES string of the molecule is C[C@H]1C(=O)N(CC(=O)Nc2ccc(C(F)F)cc2)c2cc(N3CC[C@H](O)C3)nc(F)c2-c2cccnc21. The fraction of sp³-hybridized carbons (Fsp3) is 0.308. The van der Waals surface area contributed by atoms with E-state index in [9.17, 15) is 23.5 Å². The van der Waals surface area contributed by atoms with Crippen LogP contribution in [0.3, 0.4) is 0 Å². The van der Waals surface area contributed by atoms with Gasteiger partial charge in [0, 0.05) is 42.2 Å². The van der Waals surface area contributed by atoms with Gasteiger partial charge in [0.2, 0.25) is 17.8 Å². The summed E-state index contributed by atoms with van der Waals surface area (Å²) < 4.78 is 41.3. The average Bonchev–Trinajstić information content (AvgIpc) is 3.29. The number of hydrogen-bond acceptors (Lipinski definition) is 6. The average molecular weight is 512 g/mol. The molecule has 2 atom stereocenters. The summed E-state index contributed by atoms with van der Waals surface area (Å²) in [6.07, 6.45) is -1.20. The molecular weight excluding hydrogens is 487 g/mol. The maximum Gasteiger partial charge on any atom is 0.263 e. The van der Waals surface area contributed by atoms with Crippen molar-refractivity contribution in [2.75, 3.05) is 34.8 Å². The first kappa shape index (κ1) is 24.7. The maximum absolute atomic E-state index is 15.6. The summed E-state index contributed by atoms with van der Waals surface area (Å²) in [5.74, 6) is -2.41. The van der Waals surface area contributed by atoms with Crippen molar-refractivity contribution in [1.29, 1.82) is 0 Å². The van der Waals surface area contributed by atoms with Crippen LogP contribution in [0.1, 0.15) is 36.9 Å². The Kier molecular flexibility index (Phi) is 6.55. The Balaban J connectivity index is 1.53. The van der Waals surface area contributed by atoms with Gasteiger partial charge in [-0.3, -0.25) is 14.6 Å². The smallest absolute Gasteiger partial charge is 0.263 e. The lowest BCUT2D eigenvalue weighted by atomic mass is 9.98. The second-order valence-electron chi connectivity index (χ2n) is 9.11. The third-order valence-corrected chi connectivity index (χ3v) is 6.62. The van der Waals surface area contributed by atoms with E-state index in [2.05, 4.69) is 15.3 Å². The molecule has 4 heterocycles. The molecule has 0 spiro atoms. The number of nitrogens with zero attached hydrogens (tertiary/aromatic N) is 4. The molecule has 1 aromatic carbocycles. The standard InChI is InChI=1S/C26H24F3N5O3/c1-14-23-18(3-2-9-30-23)22-19(11-20(32-25(22)29)33-10-8-17(35)12-33)34(26(14)37)13-21(36)31-16-6-4-15(5-7-16)24(27)28/h2-7,9,11,14,17,24,35H,8,10,12-13H2,1H3,(H,31,36)/t14-,17+/m1/s1. The van der Waals surface area contributed by atoms with Crippen molar-refractivity contribution in [3.63, 3.8) is 0 Å². The number of hydrogen-bond donors (Lipinski definition) is 2. The molecule has 1 saturated heterocycles. The van der Waals surface area contributed by atoms with Gasteiger partial charge in [-0.05, 0) is 31.5 Å². The van der Waals surface area contributed by atoms with Crippen LogP contribution in [-0.2, 0) is 9.59 Å². The number of rotatable bonds is 5. The Labute approximate surface area is 210 Å². The number of amides is 2. The molecule has 8 nitrogen and oxygen atoms in total. The molecule has 0 radical (unpaired) electrons. The number of aromatic nitrogens is 2. The lowest BCUT2D eigenvalue weighted by Gasteiger charge is -2.26. The van der Waals surface area contributed by atoms with Gasteiger partial charge in [-0.2, -0.15) is 4.39 Å². The number of pyridine rings is 2. The maximum atomic E-state index is 15.6. The van der Waals surface area contributed by atoms with Gasteiger partial charge >= 0.3 is 0 Å². The molecule has 192 valence electrons. The number of benzene rings is 1. The second kappa shape index (κ2) is 9.81. The van der Waals surface area contributed by atoms with E-state index in [1.807, 2.05) is 0 Å². The Morgan fingerprint density at radius 1 is 1.24 bits per heavy atom. The van der Waals surface area contributed by atoms with E-state index in [1.165, 1.54) is 35.4 Å². The zero-order valence-electron chi connectivity index (χ0n) is 19.9. The molecule has 37 heavy (non-hydrogen) atoms. The van der Waals surface area contributed by atoms with Gasteiger partial charge in [0.15, 0.2) is 0 Å². The number of alkyl halides is 2. The Morgan fingerprint density at radius 2 is 2.00 bits per heavy atom. The number of fused-ring (bicyclic) bond motifs is 3. The highest BCUT2D eigenvalue weighted by molar-refractivity contribution is 6.09. The predicted octanol–water partition coefficient (Wildman–Crippen LogP) is 3.88. The minimum Gasteiger partial charge on any atom is -0.391 e. The molecule has 1 fully saturated rings. The number of carbonyl (C=O) groups is 2. The van der Waals surface area contributed by atoms with Crippen LogP contribution in [0, 0.1) is 5.95 Å². The molecule has 11 heteroatoms. The minimum absolute atomic E-state index is 0.0541. The van der Waals surface area contributed by atoms with Crippen molar-refractivity contribution in [2.24, 2.45) is 0 Å². The normalized spacial score (nSPS) is 19.0. The molecule has 2 aliphatic rings. The molecule has 0 saturated carbocycles. The zero-order valence-corrected chi connectivity index (χ0v) is 19.9. The van der Waals surface area contributed by atoms with E-state index in [4.69, 9.17) is 0 Å². The first-order valence-electron chi connectivity index (χ1n) is 11.8. The quantitative estimate of drug-likeness (QED) is 0.505. The van der Waals surface area contributed by atoms with E-state index in [-0.39, 0.29) is 34.9 Å². The lowest BCUT2D eigenvalue weighted by molar-refractivity contribution is -0.122. The summed E-state index contributed by atoms with van der Waals surface area (Å²) in [5, 5.41) is 12.6. The molecule has 0 unspecified atom stereocenters. The largest absolute Gasteiger partial charge is 0.391 e. The summed E-state index contributed by atoms with van der Waals surface area (Å²) >= 11 is 0. The molecule has 2 aromatic heterocycles. The fourth-order valence-electron chi connectivity index (χ4n) is 4.73. The molecule has 3 aromatic rings. The van der Waals surface area contributed by atoms with Gasteiger partial charge in [0.25, 0.3) is 6.43 Å². The van der Waals surface area contributed by atoms with Crippen LogP contribution in [0.4, 0.5) is 30.4 Å². The number of halogens is 3.